The Morgan fingerprint density at radius 1 is 1.38 bits per heavy atom. The third-order valence-electron chi connectivity index (χ3n) is 1.34. The van der Waals surface area contributed by atoms with Crippen molar-refractivity contribution in [3.05, 3.63) is 0 Å². The van der Waals surface area contributed by atoms with E-state index in [1.807, 2.05) is 0 Å². The summed E-state index contributed by atoms with van der Waals surface area (Å²) in [7, 11) is -3.60. The van der Waals surface area contributed by atoms with Crippen LogP contribution in [0.4, 0.5) is 4.79 Å². The summed E-state index contributed by atoms with van der Waals surface area (Å²) < 4.78 is 31.3. The molecule has 0 rings (SSSR count). The lowest BCUT2D eigenvalue weighted by atomic mass is 10.2. The largest absolute Gasteiger partial charge is 0.444 e. The van der Waals surface area contributed by atoms with Crippen LogP contribution in [-0.2, 0) is 19.0 Å². The van der Waals surface area contributed by atoms with Gasteiger partial charge in [0, 0.05) is 0 Å². The average Bonchev–Trinajstić information content (AvgIpc) is 1.96. The van der Waals surface area contributed by atoms with Crippen LogP contribution in [0, 0.1) is 0 Å². The molecule has 0 aliphatic rings. The molecular formula is C9H19NO5S. The van der Waals surface area contributed by atoms with Gasteiger partial charge in [0.25, 0.3) is 10.1 Å². The van der Waals surface area contributed by atoms with Crippen LogP contribution in [-0.4, -0.2) is 32.6 Å². The van der Waals surface area contributed by atoms with E-state index in [0.29, 0.717) is 6.42 Å². The summed E-state index contributed by atoms with van der Waals surface area (Å²) in [5.41, 5.74) is -0.631. The van der Waals surface area contributed by atoms with Gasteiger partial charge < -0.3 is 4.74 Å². The van der Waals surface area contributed by atoms with Crippen molar-refractivity contribution in [1.29, 1.82) is 0 Å². The number of carbonyl (C=O) groups is 1. The first-order valence-corrected chi connectivity index (χ1v) is 6.73. The van der Waals surface area contributed by atoms with Crippen LogP contribution in [0.2, 0.25) is 0 Å². The topological polar surface area (TPSA) is 81.7 Å². The zero-order chi connectivity index (χ0) is 13.0. The number of amides is 1. The zero-order valence-electron chi connectivity index (χ0n) is 10.2. The predicted octanol–water partition coefficient (Wildman–Crippen LogP) is 1.22. The van der Waals surface area contributed by atoms with Gasteiger partial charge in [-0.05, 0) is 27.2 Å². The Morgan fingerprint density at radius 2 is 1.88 bits per heavy atom. The maximum absolute atomic E-state index is 11.3. The van der Waals surface area contributed by atoms with Crippen LogP contribution < -0.4 is 5.32 Å². The maximum Gasteiger partial charge on any atom is 0.409 e. The van der Waals surface area contributed by atoms with Gasteiger partial charge in [0.15, 0.2) is 6.23 Å². The number of nitrogens with one attached hydrogen (secondary N) is 1. The summed E-state index contributed by atoms with van der Waals surface area (Å²) in [6, 6.07) is 0. The van der Waals surface area contributed by atoms with Gasteiger partial charge >= 0.3 is 6.09 Å². The fourth-order valence-corrected chi connectivity index (χ4v) is 1.45. The minimum Gasteiger partial charge on any atom is -0.444 e. The van der Waals surface area contributed by atoms with E-state index in [4.69, 9.17) is 4.74 Å². The van der Waals surface area contributed by atoms with Crippen molar-refractivity contribution < 1.29 is 22.1 Å². The Bertz CT molecular complexity index is 330. The van der Waals surface area contributed by atoms with Crippen LogP contribution in [0.3, 0.4) is 0 Å². The van der Waals surface area contributed by atoms with E-state index in [2.05, 4.69) is 9.50 Å². The molecule has 1 amide bonds. The van der Waals surface area contributed by atoms with Gasteiger partial charge in [0.1, 0.15) is 5.60 Å². The van der Waals surface area contributed by atoms with Crippen LogP contribution in [0.25, 0.3) is 0 Å². The first kappa shape index (κ1) is 15.2. The molecule has 16 heavy (non-hydrogen) atoms. The Morgan fingerprint density at radius 3 is 2.19 bits per heavy atom. The highest BCUT2D eigenvalue weighted by atomic mass is 32.2. The molecule has 7 heteroatoms. The minimum absolute atomic E-state index is 0.326. The molecule has 0 bridgehead atoms. The fraction of sp³-hybridized carbons (Fsp3) is 0.889. The lowest BCUT2D eigenvalue weighted by molar-refractivity contribution is 0.0400. The van der Waals surface area contributed by atoms with Gasteiger partial charge in [0.05, 0.1) is 6.26 Å². The van der Waals surface area contributed by atoms with Crippen molar-refractivity contribution in [1.82, 2.24) is 5.32 Å². The van der Waals surface area contributed by atoms with Gasteiger partial charge in [-0.15, -0.1) is 0 Å². The molecule has 1 N–H and O–H groups in total. The zero-order valence-corrected chi connectivity index (χ0v) is 11.1. The molecule has 1 atom stereocenters. The van der Waals surface area contributed by atoms with Crippen molar-refractivity contribution in [2.24, 2.45) is 0 Å². The van der Waals surface area contributed by atoms with E-state index in [1.165, 1.54) is 0 Å². The summed E-state index contributed by atoms with van der Waals surface area (Å²) >= 11 is 0. The van der Waals surface area contributed by atoms with E-state index >= 15 is 0 Å². The number of hydrogen-bond donors (Lipinski definition) is 1. The Kier molecular flexibility index (Phi) is 5.21. The Balaban J connectivity index is 4.29. The number of ether oxygens (including phenoxy) is 1. The van der Waals surface area contributed by atoms with E-state index in [1.54, 1.807) is 27.7 Å². The van der Waals surface area contributed by atoms with E-state index in [-0.39, 0.29) is 0 Å². The average molecular weight is 253 g/mol. The van der Waals surface area contributed by atoms with E-state index in [9.17, 15) is 13.2 Å². The number of hydrogen-bond acceptors (Lipinski definition) is 5. The molecule has 0 aromatic rings. The van der Waals surface area contributed by atoms with Crippen molar-refractivity contribution in [2.45, 2.75) is 45.9 Å². The number of carbonyl (C=O) groups excluding carboxylic acids is 1. The number of alkyl carbamates (subject to hydrolysis) is 1. The first-order valence-electron chi connectivity index (χ1n) is 4.91. The molecule has 96 valence electrons. The summed E-state index contributed by atoms with van der Waals surface area (Å²) in [6.07, 6.45) is -0.355. The molecule has 0 aliphatic heterocycles. The third kappa shape index (κ3) is 8.49. The standard InChI is InChI=1S/C9H19NO5S/c1-6-7(15-16(5,12)13)10-8(11)14-9(2,3)4/h7H,6H2,1-5H3,(H,10,11)/t7-/m0/s1. The monoisotopic (exact) mass is 253 g/mol. The normalized spacial score (nSPS) is 14.3. The maximum atomic E-state index is 11.3. The fourth-order valence-electron chi connectivity index (χ4n) is 0.844. The van der Waals surface area contributed by atoms with E-state index in [0.717, 1.165) is 6.26 Å². The van der Waals surface area contributed by atoms with Gasteiger partial charge in [0.2, 0.25) is 0 Å². The molecule has 0 aliphatic carbocycles. The smallest absolute Gasteiger partial charge is 0.409 e. The van der Waals surface area contributed by atoms with Crippen LogP contribution in [0.1, 0.15) is 34.1 Å². The molecule has 0 heterocycles. The molecule has 0 unspecified atom stereocenters. The minimum atomic E-state index is -3.60. The molecule has 0 saturated carbocycles. The van der Waals surface area contributed by atoms with Gasteiger partial charge in [-0.1, -0.05) is 6.92 Å². The molecule has 0 spiro atoms. The lowest BCUT2D eigenvalue weighted by Gasteiger charge is -2.22. The van der Waals surface area contributed by atoms with Crippen molar-refractivity contribution in [3.8, 4) is 0 Å². The second-order valence-electron chi connectivity index (χ2n) is 4.34. The SMILES string of the molecule is CC[C@@H](NC(=O)OC(C)(C)C)OS(C)(=O)=O. The highest BCUT2D eigenvalue weighted by Crippen LogP contribution is 2.08. The molecule has 0 aromatic carbocycles. The first-order chi connectivity index (χ1) is 7.03. The Hall–Kier alpha value is -0.820. The molecule has 6 nitrogen and oxygen atoms in total. The second kappa shape index (κ2) is 5.49. The second-order valence-corrected chi connectivity index (χ2v) is 5.94. The van der Waals surface area contributed by atoms with Crippen molar-refractivity contribution >= 4 is 16.2 Å². The van der Waals surface area contributed by atoms with Crippen LogP contribution >= 0.6 is 0 Å². The third-order valence-corrected chi connectivity index (χ3v) is 1.92. The lowest BCUT2D eigenvalue weighted by Crippen LogP contribution is -2.41. The predicted molar refractivity (Wildman–Crippen MR) is 59.4 cm³/mol. The van der Waals surface area contributed by atoms with Crippen molar-refractivity contribution in [3.63, 3.8) is 0 Å². The van der Waals surface area contributed by atoms with Gasteiger partial charge in [-0.25, -0.2) is 8.98 Å². The number of rotatable bonds is 4. The van der Waals surface area contributed by atoms with Gasteiger partial charge in [-0.3, -0.25) is 5.32 Å². The summed E-state index contributed by atoms with van der Waals surface area (Å²) in [5, 5.41) is 2.32. The molecule has 0 radical (unpaired) electrons. The summed E-state index contributed by atoms with van der Waals surface area (Å²) in [5.74, 6) is 0. The highest BCUT2D eigenvalue weighted by molar-refractivity contribution is 7.86. The summed E-state index contributed by atoms with van der Waals surface area (Å²) in [6.45, 7) is 6.83. The molecule has 0 aromatic heterocycles. The molecule has 0 fully saturated rings. The van der Waals surface area contributed by atoms with Crippen molar-refractivity contribution in [2.75, 3.05) is 6.26 Å². The quantitative estimate of drug-likeness (QED) is 0.602. The summed E-state index contributed by atoms with van der Waals surface area (Å²) in [4.78, 5) is 11.3. The van der Waals surface area contributed by atoms with Crippen LogP contribution in [0.5, 0.6) is 0 Å². The van der Waals surface area contributed by atoms with Crippen LogP contribution in [0.15, 0.2) is 0 Å². The Labute approximate surface area is 96.4 Å². The van der Waals surface area contributed by atoms with E-state index < -0.39 is 28.0 Å². The highest BCUT2D eigenvalue weighted by Gasteiger charge is 2.21. The van der Waals surface area contributed by atoms with Gasteiger partial charge in [-0.2, -0.15) is 8.42 Å². The molecule has 0 saturated heterocycles. The molecular weight excluding hydrogens is 234 g/mol.